The first-order chi connectivity index (χ1) is 8.22. The van der Waals surface area contributed by atoms with Crippen LogP contribution in [0.4, 0.5) is 4.39 Å². The molecule has 1 saturated heterocycles. The second-order valence-corrected chi connectivity index (χ2v) is 3.87. The Morgan fingerprint density at radius 3 is 3.18 bits per heavy atom. The zero-order valence-electron chi connectivity index (χ0n) is 9.44. The maximum absolute atomic E-state index is 13.3. The van der Waals surface area contributed by atoms with Crippen molar-refractivity contribution in [2.45, 2.75) is 12.1 Å². The molecule has 0 saturated carbocycles. The fourth-order valence-corrected chi connectivity index (χ4v) is 1.85. The number of hydrogen-bond acceptors (Lipinski definition) is 4. The van der Waals surface area contributed by atoms with Crippen LogP contribution in [0.5, 0.6) is 0 Å². The van der Waals surface area contributed by atoms with Gasteiger partial charge in [-0.2, -0.15) is 0 Å². The Morgan fingerprint density at radius 2 is 2.47 bits per heavy atom. The summed E-state index contributed by atoms with van der Waals surface area (Å²) in [5.41, 5.74) is 0.00162. The number of nitrogens with one attached hydrogen (secondary N) is 2. The average Bonchev–Trinajstić information content (AvgIpc) is 2.76. The quantitative estimate of drug-likeness (QED) is 0.775. The summed E-state index contributed by atoms with van der Waals surface area (Å²) in [6.45, 7) is 1.30. The van der Waals surface area contributed by atoms with Crippen molar-refractivity contribution in [1.82, 2.24) is 15.6 Å². The van der Waals surface area contributed by atoms with Crippen LogP contribution in [-0.4, -0.2) is 43.2 Å². The minimum Gasteiger partial charge on any atom is -0.378 e. The first-order valence-corrected chi connectivity index (χ1v) is 5.36. The van der Waals surface area contributed by atoms with E-state index in [2.05, 4.69) is 15.6 Å². The molecule has 0 aromatic carbocycles. The van der Waals surface area contributed by atoms with Crippen molar-refractivity contribution in [3.05, 3.63) is 29.8 Å². The Balaban J connectivity index is 2.04. The van der Waals surface area contributed by atoms with E-state index in [-0.39, 0.29) is 17.7 Å². The fraction of sp³-hybridized carbons (Fsp3) is 0.455. The Bertz CT molecular complexity index is 413. The number of aromatic nitrogens is 1. The number of rotatable bonds is 3. The predicted molar refractivity (Wildman–Crippen MR) is 59.1 cm³/mol. The third kappa shape index (κ3) is 2.59. The number of carbonyl (C=O) groups excluding carboxylic acids is 1. The van der Waals surface area contributed by atoms with Gasteiger partial charge in [-0.05, 0) is 6.07 Å². The molecule has 0 radical (unpaired) electrons. The summed E-state index contributed by atoms with van der Waals surface area (Å²) in [5.74, 6) is -1.06. The van der Waals surface area contributed by atoms with Crippen molar-refractivity contribution in [2.75, 3.05) is 20.2 Å². The van der Waals surface area contributed by atoms with E-state index >= 15 is 0 Å². The van der Waals surface area contributed by atoms with Crippen molar-refractivity contribution in [1.29, 1.82) is 0 Å². The molecule has 1 aromatic rings. The summed E-state index contributed by atoms with van der Waals surface area (Å²) < 4.78 is 18.5. The van der Waals surface area contributed by atoms with Gasteiger partial charge in [0.2, 0.25) is 0 Å². The number of halogens is 1. The van der Waals surface area contributed by atoms with Gasteiger partial charge in [0, 0.05) is 26.4 Å². The number of hydrogen-bond donors (Lipinski definition) is 2. The Kier molecular flexibility index (Phi) is 3.65. The lowest BCUT2D eigenvalue weighted by molar-refractivity contribution is 0.0777. The van der Waals surface area contributed by atoms with Crippen LogP contribution in [0, 0.1) is 5.82 Å². The van der Waals surface area contributed by atoms with E-state index < -0.39 is 11.7 Å². The molecule has 0 aliphatic carbocycles. The molecule has 2 heterocycles. The van der Waals surface area contributed by atoms with Crippen LogP contribution in [0.2, 0.25) is 0 Å². The normalized spacial score (nSPS) is 23.6. The molecule has 0 bridgehead atoms. The zero-order chi connectivity index (χ0) is 12.3. The highest BCUT2D eigenvalue weighted by Crippen LogP contribution is 2.08. The number of pyridine rings is 1. The van der Waals surface area contributed by atoms with E-state index in [1.54, 1.807) is 7.11 Å². The number of methoxy groups -OCH3 is 1. The minimum atomic E-state index is -0.620. The van der Waals surface area contributed by atoms with Crippen molar-refractivity contribution < 1.29 is 13.9 Å². The van der Waals surface area contributed by atoms with Gasteiger partial charge in [0.1, 0.15) is 0 Å². The molecule has 2 atom stereocenters. The molecule has 1 unspecified atom stereocenters. The Labute approximate surface area is 98.4 Å². The largest absolute Gasteiger partial charge is 0.378 e. The van der Waals surface area contributed by atoms with Gasteiger partial charge < -0.3 is 15.4 Å². The SMILES string of the molecule is CO[C@H]1CNCC1NC(=O)c1ccncc1F. The lowest BCUT2D eigenvalue weighted by Gasteiger charge is -2.18. The molecule has 2 rings (SSSR count). The number of ether oxygens (including phenoxy) is 1. The van der Waals surface area contributed by atoms with E-state index in [9.17, 15) is 9.18 Å². The molecular formula is C11H14FN3O2. The van der Waals surface area contributed by atoms with Gasteiger partial charge in [0.05, 0.1) is 23.9 Å². The maximum atomic E-state index is 13.3. The number of nitrogens with zero attached hydrogens (tertiary/aromatic N) is 1. The summed E-state index contributed by atoms with van der Waals surface area (Å²) in [5, 5.41) is 5.84. The summed E-state index contributed by atoms with van der Waals surface area (Å²) >= 11 is 0. The lowest BCUT2D eigenvalue weighted by Crippen LogP contribution is -2.43. The molecule has 1 fully saturated rings. The van der Waals surface area contributed by atoms with Crippen LogP contribution in [0.3, 0.4) is 0 Å². The van der Waals surface area contributed by atoms with Gasteiger partial charge in [-0.1, -0.05) is 0 Å². The van der Waals surface area contributed by atoms with Crippen molar-refractivity contribution in [3.8, 4) is 0 Å². The third-order valence-electron chi connectivity index (χ3n) is 2.79. The monoisotopic (exact) mass is 239 g/mol. The molecule has 6 heteroatoms. The highest BCUT2D eigenvalue weighted by molar-refractivity contribution is 5.94. The van der Waals surface area contributed by atoms with Crippen molar-refractivity contribution in [2.24, 2.45) is 0 Å². The average molecular weight is 239 g/mol. The number of carbonyl (C=O) groups is 1. The van der Waals surface area contributed by atoms with Crippen LogP contribution in [0.25, 0.3) is 0 Å². The van der Waals surface area contributed by atoms with E-state index in [1.165, 1.54) is 12.3 Å². The minimum absolute atomic E-state index is 0.00162. The summed E-state index contributed by atoms with van der Waals surface area (Å²) in [7, 11) is 1.59. The zero-order valence-corrected chi connectivity index (χ0v) is 9.44. The Morgan fingerprint density at radius 1 is 1.65 bits per heavy atom. The maximum Gasteiger partial charge on any atom is 0.254 e. The van der Waals surface area contributed by atoms with Crippen LogP contribution >= 0.6 is 0 Å². The van der Waals surface area contributed by atoms with Crippen LogP contribution in [0.1, 0.15) is 10.4 Å². The molecular weight excluding hydrogens is 225 g/mol. The molecule has 1 aliphatic heterocycles. The molecule has 2 N–H and O–H groups in total. The highest BCUT2D eigenvalue weighted by Gasteiger charge is 2.28. The Hall–Kier alpha value is -1.53. The van der Waals surface area contributed by atoms with Gasteiger partial charge in [-0.15, -0.1) is 0 Å². The van der Waals surface area contributed by atoms with Gasteiger partial charge in [0.25, 0.3) is 5.91 Å². The van der Waals surface area contributed by atoms with Crippen LogP contribution < -0.4 is 10.6 Å². The molecule has 92 valence electrons. The van der Waals surface area contributed by atoms with E-state index in [4.69, 9.17) is 4.74 Å². The second kappa shape index (κ2) is 5.20. The smallest absolute Gasteiger partial charge is 0.254 e. The van der Waals surface area contributed by atoms with E-state index in [0.29, 0.717) is 13.1 Å². The summed E-state index contributed by atoms with van der Waals surface area (Å²) in [6, 6.07) is 1.22. The molecule has 1 aliphatic rings. The van der Waals surface area contributed by atoms with Gasteiger partial charge >= 0.3 is 0 Å². The molecule has 1 amide bonds. The molecule has 0 spiro atoms. The summed E-state index contributed by atoms with van der Waals surface area (Å²) in [4.78, 5) is 15.4. The predicted octanol–water partition coefficient (Wildman–Crippen LogP) is -0.0627. The molecule has 1 aromatic heterocycles. The van der Waals surface area contributed by atoms with Crippen molar-refractivity contribution in [3.63, 3.8) is 0 Å². The molecule has 5 nitrogen and oxygen atoms in total. The first-order valence-electron chi connectivity index (χ1n) is 5.36. The highest BCUT2D eigenvalue weighted by atomic mass is 19.1. The van der Waals surface area contributed by atoms with Gasteiger partial charge in [0.15, 0.2) is 5.82 Å². The second-order valence-electron chi connectivity index (χ2n) is 3.87. The topological polar surface area (TPSA) is 63.2 Å². The first kappa shape index (κ1) is 11.9. The van der Waals surface area contributed by atoms with Crippen molar-refractivity contribution >= 4 is 5.91 Å². The van der Waals surface area contributed by atoms with E-state index in [0.717, 1.165) is 6.20 Å². The van der Waals surface area contributed by atoms with Crippen LogP contribution in [-0.2, 0) is 4.74 Å². The lowest BCUT2D eigenvalue weighted by atomic mass is 10.2. The number of amides is 1. The van der Waals surface area contributed by atoms with E-state index in [1.807, 2.05) is 0 Å². The summed E-state index contributed by atoms with van der Waals surface area (Å²) in [6.07, 6.45) is 2.33. The third-order valence-corrected chi connectivity index (χ3v) is 2.79. The van der Waals surface area contributed by atoms with Gasteiger partial charge in [-0.25, -0.2) is 4.39 Å². The fourth-order valence-electron chi connectivity index (χ4n) is 1.85. The van der Waals surface area contributed by atoms with Crippen LogP contribution in [0.15, 0.2) is 18.5 Å². The van der Waals surface area contributed by atoms with Gasteiger partial charge in [-0.3, -0.25) is 9.78 Å². The standard InChI is InChI=1S/C11H14FN3O2/c1-17-10-6-14-5-9(10)15-11(16)7-2-3-13-4-8(7)12/h2-4,9-10,14H,5-6H2,1H3,(H,15,16)/t9?,10-/m0/s1. The molecule has 17 heavy (non-hydrogen) atoms.